The number of unbranched alkanes of at least 4 members (excludes halogenated alkanes) is 7. The molecule has 0 spiro atoms. The monoisotopic (exact) mass is 505 g/mol. The Morgan fingerprint density at radius 2 is 1.41 bits per heavy atom. The molecule has 2 aromatic rings. The molecule has 3 heteroatoms. The second kappa shape index (κ2) is 15.8. The Hall–Kier alpha value is -2.34. The first-order valence-electron chi connectivity index (χ1n) is 15.0. The lowest BCUT2D eigenvalue weighted by Gasteiger charge is -2.35. The van der Waals surface area contributed by atoms with Crippen molar-refractivity contribution in [1.82, 2.24) is 0 Å². The fourth-order valence-electron chi connectivity index (χ4n) is 5.75. The lowest BCUT2D eigenvalue weighted by Crippen LogP contribution is -2.30. The van der Waals surface area contributed by atoms with Gasteiger partial charge in [0, 0.05) is 0 Å². The number of hydrogen-bond donors (Lipinski definition) is 0. The number of nitrogens with zero attached hydrogens (tertiary/aromatic N) is 1. The number of benzene rings is 2. The van der Waals surface area contributed by atoms with Crippen molar-refractivity contribution >= 4 is 0 Å². The molecular formula is C34H48FNO. The minimum absolute atomic E-state index is 0.121. The topological polar surface area (TPSA) is 33.0 Å². The summed E-state index contributed by atoms with van der Waals surface area (Å²) in [6, 6.07) is 19.2. The molecule has 202 valence electrons. The van der Waals surface area contributed by atoms with Crippen molar-refractivity contribution in [2.75, 3.05) is 6.61 Å². The number of nitriles is 1. The minimum atomic E-state index is -0.905. The molecule has 1 aliphatic carbocycles. The van der Waals surface area contributed by atoms with Gasteiger partial charge in [0.1, 0.15) is 18.5 Å². The van der Waals surface area contributed by atoms with Crippen LogP contribution in [0.15, 0.2) is 48.5 Å². The Morgan fingerprint density at radius 1 is 0.838 bits per heavy atom. The van der Waals surface area contributed by atoms with Crippen molar-refractivity contribution in [3.63, 3.8) is 0 Å². The van der Waals surface area contributed by atoms with Gasteiger partial charge in [0.25, 0.3) is 0 Å². The maximum absolute atomic E-state index is 14.1. The highest BCUT2D eigenvalue weighted by molar-refractivity contribution is 5.65. The number of rotatable bonds is 16. The zero-order valence-electron chi connectivity index (χ0n) is 23.3. The molecule has 3 rings (SSSR count). The summed E-state index contributed by atoms with van der Waals surface area (Å²) < 4.78 is 19.8. The van der Waals surface area contributed by atoms with Crippen LogP contribution in [0.5, 0.6) is 5.75 Å². The summed E-state index contributed by atoms with van der Waals surface area (Å²) in [6.45, 7) is 4.55. The van der Waals surface area contributed by atoms with Crippen LogP contribution in [0, 0.1) is 17.2 Å². The minimum Gasteiger partial charge on any atom is -0.491 e. The molecule has 1 saturated carbocycles. The maximum atomic E-state index is 14.1. The lowest BCUT2D eigenvalue weighted by molar-refractivity contribution is 0.184. The van der Waals surface area contributed by atoms with Gasteiger partial charge < -0.3 is 4.74 Å². The van der Waals surface area contributed by atoms with E-state index in [0.717, 1.165) is 48.3 Å². The number of halogens is 1. The normalized spacial score (nSPS) is 20.3. The van der Waals surface area contributed by atoms with Crippen LogP contribution in [0.25, 0.3) is 11.1 Å². The van der Waals surface area contributed by atoms with Crippen LogP contribution < -0.4 is 4.74 Å². The SMILES string of the molecule is CCCCCCCC1CCC(C#N)(c2ccc(-c3ccc(OCC(F)CCCCCC)cc3)cc2)CC1. The van der Waals surface area contributed by atoms with E-state index in [1.54, 1.807) is 0 Å². The van der Waals surface area contributed by atoms with Crippen LogP contribution in [-0.2, 0) is 5.41 Å². The standard InChI is InChI=1S/C34H48FNO/c1-3-5-7-9-10-12-28-22-24-34(27-36,25-23-28)31-18-14-29(15-19-31)30-16-20-33(21-17-30)37-26-32(35)13-11-8-6-4-2/h14-21,28,32H,3-13,22-26H2,1-2H3. The molecule has 0 saturated heterocycles. The molecule has 2 nitrogen and oxygen atoms in total. The van der Waals surface area contributed by atoms with Gasteiger partial charge in [0.2, 0.25) is 0 Å². The number of alkyl halides is 1. The van der Waals surface area contributed by atoms with Gasteiger partial charge in [0.15, 0.2) is 0 Å². The number of hydrogen-bond acceptors (Lipinski definition) is 2. The Labute approximate surface area is 225 Å². The Bertz CT molecular complexity index is 922. The van der Waals surface area contributed by atoms with Crippen LogP contribution in [0.4, 0.5) is 4.39 Å². The largest absolute Gasteiger partial charge is 0.491 e. The molecule has 0 radical (unpaired) electrons. The highest BCUT2D eigenvalue weighted by Gasteiger charge is 2.36. The van der Waals surface area contributed by atoms with Crippen molar-refractivity contribution in [3.05, 3.63) is 54.1 Å². The third-order valence-corrected chi connectivity index (χ3v) is 8.32. The maximum Gasteiger partial charge on any atom is 0.134 e. The van der Waals surface area contributed by atoms with E-state index in [4.69, 9.17) is 4.74 Å². The van der Waals surface area contributed by atoms with Crippen molar-refractivity contribution < 1.29 is 9.13 Å². The summed E-state index contributed by atoms with van der Waals surface area (Å²) in [6.07, 6.45) is 16.4. The van der Waals surface area contributed by atoms with Crippen molar-refractivity contribution in [1.29, 1.82) is 5.26 Å². The highest BCUT2D eigenvalue weighted by Crippen LogP contribution is 2.43. The van der Waals surface area contributed by atoms with E-state index in [9.17, 15) is 9.65 Å². The first kappa shape index (κ1) is 29.2. The zero-order chi connectivity index (χ0) is 26.3. The van der Waals surface area contributed by atoms with E-state index in [2.05, 4.69) is 44.2 Å². The Balaban J connectivity index is 1.49. The molecule has 37 heavy (non-hydrogen) atoms. The molecule has 0 heterocycles. The van der Waals surface area contributed by atoms with E-state index in [1.165, 1.54) is 64.2 Å². The summed E-state index contributed by atoms with van der Waals surface area (Å²) in [4.78, 5) is 0. The molecule has 1 atom stereocenters. The molecule has 2 aromatic carbocycles. The van der Waals surface area contributed by atoms with Gasteiger partial charge in [-0.25, -0.2) is 4.39 Å². The van der Waals surface area contributed by atoms with E-state index in [1.807, 2.05) is 24.3 Å². The third-order valence-electron chi connectivity index (χ3n) is 8.32. The molecule has 0 aromatic heterocycles. The van der Waals surface area contributed by atoms with Crippen LogP contribution in [-0.4, -0.2) is 12.8 Å². The second-order valence-corrected chi connectivity index (χ2v) is 11.2. The van der Waals surface area contributed by atoms with Gasteiger partial charge in [-0.2, -0.15) is 5.26 Å². The quantitative estimate of drug-likeness (QED) is 0.213. The van der Waals surface area contributed by atoms with Gasteiger partial charge in [-0.05, 0) is 66.8 Å². The van der Waals surface area contributed by atoms with Gasteiger partial charge in [0.05, 0.1) is 11.5 Å². The molecule has 0 N–H and O–H groups in total. The van der Waals surface area contributed by atoms with Crippen molar-refractivity contribution in [2.45, 2.75) is 122 Å². The van der Waals surface area contributed by atoms with Gasteiger partial charge in [-0.1, -0.05) is 114 Å². The van der Waals surface area contributed by atoms with Crippen LogP contribution >= 0.6 is 0 Å². The number of ether oxygens (including phenoxy) is 1. The molecule has 1 fully saturated rings. The summed E-state index contributed by atoms with van der Waals surface area (Å²) in [5, 5.41) is 10.1. The van der Waals surface area contributed by atoms with Gasteiger partial charge >= 0.3 is 0 Å². The van der Waals surface area contributed by atoms with E-state index in [0.29, 0.717) is 12.2 Å². The molecular weight excluding hydrogens is 457 g/mol. The molecule has 0 bridgehead atoms. The van der Waals surface area contributed by atoms with Crippen molar-refractivity contribution in [3.8, 4) is 22.9 Å². The fourth-order valence-corrected chi connectivity index (χ4v) is 5.75. The zero-order valence-corrected chi connectivity index (χ0v) is 23.3. The fraction of sp³-hybridized carbons (Fsp3) is 0.618. The molecule has 0 aliphatic heterocycles. The highest BCUT2D eigenvalue weighted by atomic mass is 19.1. The van der Waals surface area contributed by atoms with E-state index < -0.39 is 6.17 Å². The summed E-state index contributed by atoms with van der Waals surface area (Å²) in [5.41, 5.74) is 3.05. The van der Waals surface area contributed by atoms with E-state index >= 15 is 0 Å². The summed E-state index contributed by atoms with van der Waals surface area (Å²) in [5.74, 6) is 1.50. The van der Waals surface area contributed by atoms with Crippen molar-refractivity contribution in [2.24, 2.45) is 5.92 Å². The summed E-state index contributed by atoms with van der Waals surface area (Å²) >= 11 is 0. The van der Waals surface area contributed by atoms with Crippen LogP contribution in [0.2, 0.25) is 0 Å². The van der Waals surface area contributed by atoms with Crippen LogP contribution in [0.3, 0.4) is 0 Å². The first-order valence-corrected chi connectivity index (χ1v) is 15.0. The lowest BCUT2D eigenvalue weighted by atomic mass is 9.66. The Morgan fingerprint density at radius 3 is 2.00 bits per heavy atom. The summed E-state index contributed by atoms with van der Waals surface area (Å²) in [7, 11) is 0. The molecule has 0 amide bonds. The van der Waals surface area contributed by atoms with Gasteiger partial charge in [-0.15, -0.1) is 0 Å². The van der Waals surface area contributed by atoms with E-state index in [-0.39, 0.29) is 12.0 Å². The first-order chi connectivity index (χ1) is 18.1. The predicted molar refractivity (Wildman–Crippen MR) is 154 cm³/mol. The Kier molecular flexibility index (Phi) is 12.5. The molecule has 1 aliphatic rings. The third kappa shape index (κ3) is 9.17. The average molecular weight is 506 g/mol. The second-order valence-electron chi connectivity index (χ2n) is 11.2. The smallest absolute Gasteiger partial charge is 0.134 e. The van der Waals surface area contributed by atoms with Gasteiger partial charge in [-0.3, -0.25) is 0 Å². The van der Waals surface area contributed by atoms with Crippen LogP contribution in [0.1, 0.15) is 116 Å². The average Bonchev–Trinajstić information content (AvgIpc) is 2.95. The molecule has 1 unspecified atom stereocenters. The predicted octanol–water partition coefficient (Wildman–Crippen LogP) is 10.4.